The van der Waals surface area contributed by atoms with E-state index in [4.69, 9.17) is 0 Å². The van der Waals surface area contributed by atoms with E-state index >= 15 is 0 Å². The number of aromatic nitrogens is 4. The van der Waals surface area contributed by atoms with Crippen LogP contribution in [0, 0.1) is 6.92 Å². The third-order valence-electron chi connectivity index (χ3n) is 4.92. The van der Waals surface area contributed by atoms with Crippen molar-refractivity contribution in [2.75, 3.05) is 0 Å². The average Bonchev–Trinajstić information content (AvgIpc) is 3.08. The lowest BCUT2D eigenvalue weighted by Gasteiger charge is -2.34. The summed E-state index contributed by atoms with van der Waals surface area (Å²) in [5.41, 5.74) is 2.32. The Morgan fingerprint density at radius 1 is 1.18 bits per heavy atom. The van der Waals surface area contributed by atoms with Crippen LogP contribution in [-0.2, 0) is 17.8 Å². The second-order valence-electron chi connectivity index (χ2n) is 6.59. The molecule has 1 atom stereocenters. The van der Waals surface area contributed by atoms with Crippen molar-refractivity contribution in [2.45, 2.75) is 25.9 Å². The van der Waals surface area contributed by atoms with Gasteiger partial charge in [-0.25, -0.2) is 14.6 Å². The third-order valence-corrected chi connectivity index (χ3v) is 4.92. The Kier molecular flexibility index (Phi) is 4.26. The molecule has 9 heteroatoms. The minimum Gasteiger partial charge on any atom is -0.480 e. The molecule has 0 bridgehead atoms. The molecule has 3 heterocycles. The zero-order valence-electron chi connectivity index (χ0n) is 15.0. The zero-order chi connectivity index (χ0) is 19.8. The number of carboxylic acid groups (broad SMARTS) is 1. The second kappa shape index (κ2) is 6.76. The number of H-pyrrole nitrogens is 1. The van der Waals surface area contributed by atoms with Gasteiger partial charge in [-0.05, 0) is 24.1 Å². The summed E-state index contributed by atoms with van der Waals surface area (Å²) in [6.45, 7) is 1.91. The number of benzene rings is 1. The highest BCUT2D eigenvalue weighted by atomic mass is 16.4. The summed E-state index contributed by atoms with van der Waals surface area (Å²) >= 11 is 0. The van der Waals surface area contributed by atoms with E-state index in [1.807, 2.05) is 24.3 Å². The number of amides is 1. The normalized spacial score (nSPS) is 15.9. The summed E-state index contributed by atoms with van der Waals surface area (Å²) in [6, 6.07) is 9.37. The molecule has 1 amide bonds. The van der Waals surface area contributed by atoms with E-state index in [0.717, 1.165) is 11.1 Å². The topological polar surface area (TPSA) is 121 Å². The lowest BCUT2D eigenvalue weighted by molar-refractivity contribution is -0.142. The SMILES string of the molecule is Cc1c(C(=O)N2Cc3ccccc3CC2C(=O)O)cnn1-c1ccc(=O)[nH]n1. The van der Waals surface area contributed by atoms with Gasteiger partial charge in [0.2, 0.25) is 0 Å². The van der Waals surface area contributed by atoms with Crippen LogP contribution in [0.5, 0.6) is 0 Å². The molecule has 0 fully saturated rings. The molecule has 0 aliphatic carbocycles. The molecule has 142 valence electrons. The number of aromatic amines is 1. The van der Waals surface area contributed by atoms with Crippen molar-refractivity contribution in [2.24, 2.45) is 0 Å². The van der Waals surface area contributed by atoms with E-state index in [0.29, 0.717) is 17.1 Å². The number of nitrogens with zero attached hydrogens (tertiary/aromatic N) is 4. The molecule has 0 saturated carbocycles. The molecule has 0 saturated heterocycles. The molecule has 3 aromatic rings. The molecule has 1 unspecified atom stereocenters. The maximum absolute atomic E-state index is 13.2. The summed E-state index contributed by atoms with van der Waals surface area (Å²) in [5, 5.41) is 20.1. The first kappa shape index (κ1) is 17.7. The molecule has 28 heavy (non-hydrogen) atoms. The number of rotatable bonds is 3. The van der Waals surface area contributed by atoms with Crippen LogP contribution in [0.2, 0.25) is 0 Å². The minimum absolute atomic E-state index is 0.216. The Balaban J connectivity index is 1.70. The van der Waals surface area contributed by atoms with Crippen molar-refractivity contribution >= 4 is 11.9 Å². The first-order valence-electron chi connectivity index (χ1n) is 8.67. The van der Waals surface area contributed by atoms with Gasteiger partial charge in [-0.15, -0.1) is 0 Å². The Morgan fingerprint density at radius 3 is 2.61 bits per heavy atom. The number of fused-ring (bicyclic) bond motifs is 1. The molecule has 0 spiro atoms. The highest BCUT2D eigenvalue weighted by molar-refractivity contribution is 5.97. The number of aliphatic carboxylic acids is 1. The maximum atomic E-state index is 13.2. The number of nitrogens with one attached hydrogen (secondary N) is 1. The summed E-state index contributed by atoms with van der Waals surface area (Å²) in [4.78, 5) is 37.5. The van der Waals surface area contributed by atoms with Crippen LogP contribution in [0.4, 0.5) is 0 Å². The van der Waals surface area contributed by atoms with Crippen molar-refractivity contribution in [3.63, 3.8) is 0 Å². The molecular weight excluding hydrogens is 362 g/mol. The summed E-state index contributed by atoms with van der Waals surface area (Å²) in [5.74, 6) is -1.10. The van der Waals surface area contributed by atoms with Gasteiger partial charge in [-0.3, -0.25) is 9.59 Å². The quantitative estimate of drug-likeness (QED) is 0.698. The van der Waals surface area contributed by atoms with Crippen molar-refractivity contribution in [3.8, 4) is 5.82 Å². The van der Waals surface area contributed by atoms with Gasteiger partial charge in [0, 0.05) is 19.0 Å². The van der Waals surface area contributed by atoms with Gasteiger partial charge < -0.3 is 10.0 Å². The highest BCUT2D eigenvalue weighted by Crippen LogP contribution is 2.26. The van der Waals surface area contributed by atoms with Crippen molar-refractivity contribution in [3.05, 3.63) is 75.3 Å². The molecule has 1 aromatic carbocycles. The van der Waals surface area contributed by atoms with Gasteiger partial charge in [0.25, 0.3) is 11.5 Å². The van der Waals surface area contributed by atoms with Crippen molar-refractivity contribution < 1.29 is 14.7 Å². The third kappa shape index (κ3) is 2.96. The number of hydrogen-bond acceptors (Lipinski definition) is 5. The van der Waals surface area contributed by atoms with Gasteiger partial charge in [0.15, 0.2) is 5.82 Å². The lowest BCUT2D eigenvalue weighted by Crippen LogP contribution is -2.48. The van der Waals surface area contributed by atoms with Gasteiger partial charge in [-0.2, -0.15) is 10.2 Å². The average molecular weight is 379 g/mol. The van der Waals surface area contributed by atoms with Gasteiger partial charge in [0.05, 0.1) is 17.5 Å². The van der Waals surface area contributed by atoms with Gasteiger partial charge in [0.1, 0.15) is 6.04 Å². The summed E-state index contributed by atoms with van der Waals surface area (Å²) < 4.78 is 1.43. The van der Waals surface area contributed by atoms with Crippen LogP contribution in [0.1, 0.15) is 27.2 Å². The van der Waals surface area contributed by atoms with E-state index in [1.54, 1.807) is 6.92 Å². The zero-order valence-corrected chi connectivity index (χ0v) is 15.0. The van der Waals surface area contributed by atoms with Gasteiger partial charge >= 0.3 is 5.97 Å². The predicted molar refractivity (Wildman–Crippen MR) is 98.2 cm³/mol. The molecule has 2 N–H and O–H groups in total. The largest absolute Gasteiger partial charge is 0.480 e. The molecule has 9 nitrogen and oxygen atoms in total. The van der Waals surface area contributed by atoms with Gasteiger partial charge in [-0.1, -0.05) is 24.3 Å². The molecule has 4 rings (SSSR count). The fourth-order valence-electron chi connectivity index (χ4n) is 3.42. The monoisotopic (exact) mass is 379 g/mol. The Labute approximate surface area is 159 Å². The Bertz CT molecular complexity index is 1110. The Hall–Kier alpha value is -3.75. The van der Waals surface area contributed by atoms with Crippen LogP contribution < -0.4 is 5.56 Å². The second-order valence-corrected chi connectivity index (χ2v) is 6.59. The summed E-state index contributed by atoms with van der Waals surface area (Å²) in [6.07, 6.45) is 1.65. The smallest absolute Gasteiger partial charge is 0.326 e. The minimum atomic E-state index is -1.05. The van der Waals surface area contributed by atoms with Crippen LogP contribution in [0.3, 0.4) is 0 Å². The van der Waals surface area contributed by atoms with E-state index in [9.17, 15) is 19.5 Å². The van der Waals surface area contributed by atoms with Crippen LogP contribution in [0.25, 0.3) is 5.82 Å². The van der Waals surface area contributed by atoms with Crippen molar-refractivity contribution in [1.82, 2.24) is 24.9 Å². The van der Waals surface area contributed by atoms with E-state index in [-0.39, 0.29) is 18.5 Å². The number of carboxylic acids is 1. The fourth-order valence-corrected chi connectivity index (χ4v) is 3.42. The standard InChI is InChI=1S/C19H17N5O4/c1-11-14(9-20-24(11)16-6-7-17(25)22-21-16)18(26)23-10-13-5-3-2-4-12(13)8-15(23)19(27)28/h2-7,9,15H,8,10H2,1H3,(H,22,25)(H,27,28). The lowest BCUT2D eigenvalue weighted by atomic mass is 9.93. The summed E-state index contributed by atoms with van der Waals surface area (Å²) in [7, 11) is 0. The predicted octanol–water partition coefficient (Wildman–Crippen LogP) is 0.916. The first-order valence-corrected chi connectivity index (χ1v) is 8.67. The molecule has 2 aromatic heterocycles. The van der Waals surface area contributed by atoms with Crippen LogP contribution in [-0.4, -0.2) is 47.9 Å². The number of hydrogen-bond donors (Lipinski definition) is 2. The van der Waals surface area contributed by atoms with Crippen LogP contribution >= 0.6 is 0 Å². The van der Waals surface area contributed by atoms with E-state index in [2.05, 4.69) is 15.3 Å². The van der Waals surface area contributed by atoms with E-state index in [1.165, 1.54) is 27.9 Å². The fraction of sp³-hybridized carbons (Fsp3) is 0.211. The molecule has 1 aliphatic rings. The first-order chi connectivity index (χ1) is 13.5. The number of carbonyl (C=O) groups is 2. The van der Waals surface area contributed by atoms with Crippen molar-refractivity contribution in [1.29, 1.82) is 0 Å². The number of carbonyl (C=O) groups excluding carboxylic acids is 1. The van der Waals surface area contributed by atoms with Crippen LogP contribution in [0.15, 0.2) is 47.4 Å². The molecular formula is C19H17N5O4. The Morgan fingerprint density at radius 2 is 1.93 bits per heavy atom. The van der Waals surface area contributed by atoms with E-state index < -0.39 is 17.9 Å². The molecule has 0 radical (unpaired) electrons. The highest BCUT2D eigenvalue weighted by Gasteiger charge is 2.36. The molecule has 1 aliphatic heterocycles. The maximum Gasteiger partial charge on any atom is 0.326 e.